The summed E-state index contributed by atoms with van der Waals surface area (Å²) in [5.41, 5.74) is 6.25. The second kappa shape index (κ2) is 6.63. The van der Waals surface area contributed by atoms with Crippen molar-refractivity contribution in [1.29, 1.82) is 0 Å². The average Bonchev–Trinajstić information content (AvgIpc) is 3.04. The van der Waals surface area contributed by atoms with Gasteiger partial charge in [-0.05, 0) is 45.1 Å². The second-order valence-electron chi connectivity index (χ2n) is 9.35. The molecule has 9 heteroatoms. The van der Waals surface area contributed by atoms with Gasteiger partial charge in [0, 0.05) is 47.8 Å². The minimum atomic E-state index is -0.174. The lowest BCUT2D eigenvalue weighted by Crippen LogP contribution is -2.49. The van der Waals surface area contributed by atoms with Crippen LogP contribution in [0.3, 0.4) is 0 Å². The Balaban J connectivity index is 1.11. The van der Waals surface area contributed by atoms with Gasteiger partial charge in [-0.3, -0.25) is 9.89 Å². The molecule has 1 aliphatic heterocycles. The Morgan fingerprint density at radius 2 is 2.13 bits per heavy atom. The number of anilines is 1. The van der Waals surface area contributed by atoms with Crippen LogP contribution >= 0.6 is 0 Å². The molecule has 2 aliphatic carbocycles. The summed E-state index contributed by atoms with van der Waals surface area (Å²) in [6.07, 6.45) is 9.87. The predicted octanol–water partition coefficient (Wildman–Crippen LogP) is 2.08. The summed E-state index contributed by atoms with van der Waals surface area (Å²) < 4.78 is 1.90. The van der Waals surface area contributed by atoms with Crippen LogP contribution in [0.4, 0.5) is 5.95 Å². The number of rotatable bonds is 5. The van der Waals surface area contributed by atoms with Crippen LogP contribution in [0.25, 0.3) is 0 Å². The number of hydrogen-bond donors (Lipinski definition) is 2. The molecule has 0 bridgehead atoms. The van der Waals surface area contributed by atoms with Crippen LogP contribution in [0.1, 0.15) is 64.0 Å². The molecule has 2 N–H and O–H groups in total. The molecule has 3 aromatic rings. The van der Waals surface area contributed by atoms with E-state index in [0.29, 0.717) is 17.7 Å². The highest BCUT2D eigenvalue weighted by Gasteiger charge is 2.53. The lowest BCUT2D eigenvalue weighted by molar-refractivity contribution is 0.0931. The minimum Gasteiger partial charge on any atom is -0.342 e. The molecular weight excluding hydrogens is 392 g/mol. The third-order valence-corrected chi connectivity index (χ3v) is 7.00. The molecule has 1 atom stereocenters. The Bertz CT molecular complexity index is 1170. The molecule has 3 aromatic heterocycles. The molecule has 4 heterocycles. The number of carbonyl (C=O) groups excluding carboxylic acids is 1. The van der Waals surface area contributed by atoms with Gasteiger partial charge in [-0.25, -0.2) is 15.0 Å². The fourth-order valence-electron chi connectivity index (χ4n) is 4.82. The van der Waals surface area contributed by atoms with E-state index in [9.17, 15) is 4.79 Å². The van der Waals surface area contributed by atoms with Gasteiger partial charge in [0.15, 0.2) is 0 Å². The van der Waals surface area contributed by atoms with Gasteiger partial charge >= 0.3 is 0 Å². The standard InChI is InChI=1S/C22H26N8O/c1-13-15(7-23-21(25-13)30-10-22(11-30)5-6-22)8-29-9-18(24-12-29)20(31)26-17-4-3-16-14(2)27-28-19(16)17/h7,9,12,17H,3-6,8,10-11H2,1-2H3,(H,26,31)(H,27,28)/t17-/m1/s1. The molecule has 6 rings (SSSR count). The Hall–Kier alpha value is -3.23. The zero-order valence-corrected chi connectivity index (χ0v) is 17.9. The molecule has 0 unspecified atom stereocenters. The largest absolute Gasteiger partial charge is 0.342 e. The van der Waals surface area contributed by atoms with Crippen LogP contribution in [0.2, 0.25) is 0 Å². The molecule has 160 valence electrons. The molecule has 2 fully saturated rings. The first-order valence-electron chi connectivity index (χ1n) is 10.9. The van der Waals surface area contributed by atoms with Gasteiger partial charge in [-0.2, -0.15) is 5.10 Å². The minimum absolute atomic E-state index is 0.0583. The van der Waals surface area contributed by atoms with Gasteiger partial charge in [0.05, 0.1) is 24.6 Å². The predicted molar refractivity (Wildman–Crippen MR) is 114 cm³/mol. The van der Waals surface area contributed by atoms with Crippen molar-refractivity contribution >= 4 is 11.9 Å². The van der Waals surface area contributed by atoms with Crippen molar-refractivity contribution in [1.82, 2.24) is 35.0 Å². The molecule has 0 radical (unpaired) electrons. The number of imidazole rings is 1. The fourth-order valence-corrected chi connectivity index (χ4v) is 4.82. The molecule has 3 aliphatic rings. The van der Waals surface area contributed by atoms with E-state index in [-0.39, 0.29) is 11.9 Å². The zero-order chi connectivity index (χ0) is 21.2. The highest BCUT2D eigenvalue weighted by molar-refractivity contribution is 5.92. The highest BCUT2D eigenvalue weighted by atomic mass is 16.2. The van der Waals surface area contributed by atoms with Crippen LogP contribution in [0.15, 0.2) is 18.7 Å². The SMILES string of the molecule is Cc1nc(N2CC3(CC3)C2)ncc1Cn1cnc(C(=O)N[C@@H]2CCc3c2n[nH]c3C)c1. The van der Waals surface area contributed by atoms with Gasteiger partial charge in [0.2, 0.25) is 5.95 Å². The summed E-state index contributed by atoms with van der Waals surface area (Å²) in [5.74, 6) is 0.654. The number of aromatic amines is 1. The third-order valence-electron chi connectivity index (χ3n) is 7.00. The Morgan fingerprint density at radius 1 is 1.29 bits per heavy atom. The van der Waals surface area contributed by atoms with Crippen molar-refractivity contribution in [2.75, 3.05) is 18.0 Å². The van der Waals surface area contributed by atoms with Gasteiger partial charge in [-0.15, -0.1) is 0 Å². The molecule has 9 nitrogen and oxygen atoms in total. The molecule has 31 heavy (non-hydrogen) atoms. The van der Waals surface area contributed by atoms with Crippen molar-refractivity contribution in [3.8, 4) is 0 Å². The first-order valence-corrected chi connectivity index (χ1v) is 10.9. The Morgan fingerprint density at radius 3 is 2.90 bits per heavy atom. The number of amides is 1. The summed E-state index contributed by atoms with van der Waals surface area (Å²) in [6.45, 7) is 6.80. The quantitative estimate of drug-likeness (QED) is 0.657. The van der Waals surface area contributed by atoms with Gasteiger partial charge in [-0.1, -0.05) is 0 Å². The molecule has 0 aromatic carbocycles. The molecular formula is C22H26N8O. The summed E-state index contributed by atoms with van der Waals surface area (Å²) >= 11 is 0. The monoisotopic (exact) mass is 418 g/mol. The number of nitrogens with zero attached hydrogens (tertiary/aromatic N) is 6. The lowest BCUT2D eigenvalue weighted by atomic mass is 9.98. The zero-order valence-electron chi connectivity index (χ0n) is 17.9. The van der Waals surface area contributed by atoms with Gasteiger partial charge in [0.25, 0.3) is 5.91 Å². The number of nitrogens with one attached hydrogen (secondary N) is 2. The van der Waals surface area contributed by atoms with Crippen LogP contribution in [0, 0.1) is 19.3 Å². The number of carbonyl (C=O) groups is 1. The van der Waals surface area contributed by atoms with E-state index in [1.807, 2.05) is 24.6 Å². The summed E-state index contributed by atoms with van der Waals surface area (Å²) in [6, 6.07) is -0.0583. The maximum atomic E-state index is 12.7. The smallest absolute Gasteiger partial charge is 0.272 e. The van der Waals surface area contributed by atoms with Gasteiger partial charge < -0.3 is 14.8 Å². The van der Waals surface area contributed by atoms with Crippen molar-refractivity contribution in [2.45, 2.75) is 52.1 Å². The fraction of sp³-hybridized carbons (Fsp3) is 0.500. The van der Waals surface area contributed by atoms with E-state index in [2.05, 4.69) is 30.4 Å². The lowest BCUT2D eigenvalue weighted by Gasteiger charge is -2.40. The molecule has 1 saturated heterocycles. The number of hydrogen-bond acceptors (Lipinski definition) is 6. The van der Waals surface area contributed by atoms with Crippen molar-refractivity contribution in [2.24, 2.45) is 5.41 Å². The van der Waals surface area contributed by atoms with Crippen molar-refractivity contribution < 1.29 is 4.79 Å². The second-order valence-corrected chi connectivity index (χ2v) is 9.35. The van der Waals surface area contributed by atoms with Gasteiger partial charge in [0.1, 0.15) is 5.69 Å². The Kier molecular flexibility index (Phi) is 3.97. The highest BCUT2D eigenvalue weighted by Crippen LogP contribution is 2.53. The van der Waals surface area contributed by atoms with Crippen molar-refractivity contribution in [3.63, 3.8) is 0 Å². The molecule has 1 saturated carbocycles. The number of H-pyrrole nitrogens is 1. The topological polar surface area (TPSA) is 105 Å². The number of fused-ring (bicyclic) bond motifs is 1. The van der Waals surface area contributed by atoms with Crippen LogP contribution in [0.5, 0.6) is 0 Å². The molecule has 1 amide bonds. The summed E-state index contributed by atoms with van der Waals surface area (Å²) in [5, 5.41) is 10.4. The first-order chi connectivity index (χ1) is 15.0. The number of aryl methyl sites for hydroxylation is 2. The average molecular weight is 419 g/mol. The number of aromatic nitrogens is 6. The van der Waals surface area contributed by atoms with E-state index in [0.717, 1.165) is 54.5 Å². The van der Waals surface area contributed by atoms with Crippen LogP contribution in [-0.2, 0) is 13.0 Å². The van der Waals surface area contributed by atoms with E-state index < -0.39 is 0 Å². The van der Waals surface area contributed by atoms with Crippen LogP contribution < -0.4 is 10.2 Å². The van der Waals surface area contributed by atoms with E-state index in [1.165, 1.54) is 18.4 Å². The summed E-state index contributed by atoms with van der Waals surface area (Å²) in [7, 11) is 0. The normalized spacial score (nSPS) is 20.6. The first kappa shape index (κ1) is 18.5. The maximum Gasteiger partial charge on any atom is 0.272 e. The van der Waals surface area contributed by atoms with E-state index >= 15 is 0 Å². The summed E-state index contributed by atoms with van der Waals surface area (Å²) in [4.78, 5) is 28.6. The molecule has 1 spiro atoms. The van der Waals surface area contributed by atoms with Crippen molar-refractivity contribution in [3.05, 3.63) is 52.6 Å². The maximum absolute atomic E-state index is 12.7. The van der Waals surface area contributed by atoms with E-state index in [4.69, 9.17) is 4.98 Å². The van der Waals surface area contributed by atoms with Crippen LogP contribution in [-0.4, -0.2) is 48.7 Å². The Labute approximate surface area is 180 Å². The van der Waals surface area contributed by atoms with E-state index in [1.54, 1.807) is 12.5 Å². The third kappa shape index (κ3) is 3.19.